The van der Waals surface area contributed by atoms with E-state index in [-0.39, 0.29) is 6.61 Å². The van der Waals surface area contributed by atoms with Gasteiger partial charge < -0.3 is 20.3 Å². The highest BCUT2D eigenvalue weighted by Crippen LogP contribution is 2.35. The first kappa shape index (κ1) is 17.7. The Labute approximate surface area is 148 Å². The molecule has 2 heterocycles. The van der Waals surface area contributed by atoms with Crippen LogP contribution in [0, 0.1) is 13.8 Å². The van der Waals surface area contributed by atoms with Crippen molar-refractivity contribution in [3.63, 3.8) is 0 Å². The molecule has 25 heavy (non-hydrogen) atoms. The van der Waals surface area contributed by atoms with Crippen LogP contribution in [0.25, 0.3) is 0 Å². The Morgan fingerprint density at radius 2 is 2.04 bits per heavy atom. The van der Waals surface area contributed by atoms with Crippen molar-refractivity contribution < 1.29 is 19.7 Å². The number of carbonyl (C=O) groups excluding carboxylic acids is 1. The maximum Gasteiger partial charge on any atom is 0.325 e. The Balaban J connectivity index is 1.63. The molecule has 1 aromatic carbocycles. The summed E-state index contributed by atoms with van der Waals surface area (Å²) in [5.41, 5.74) is 2.70. The van der Waals surface area contributed by atoms with Gasteiger partial charge in [-0.2, -0.15) is 0 Å². The van der Waals surface area contributed by atoms with Gasteiger partial charge in [0.1, 0.15) is 17.2 Å². The van der Waals surface area contributed by atoms with Crippen LogP contribution < -0.4 is 10.6 Å². The number of nitrogens with zero attached hydrogens (tertiary/aromatic N) is 2. The largest absolute Gasteiger partial charge is 0.394 e. The number of aromatic nitrogens is 2. The van der Waals surface area contributed by atoms with E-state index >= 15 is 0 Å². The van der Waals surface area contributed by atoms with Crippen LogP contribution in [0.15, 0.2) is 18.2 Å². The van der Waals surface area contributed by atoms with E-state index in [0.717, 1.165) is 16.8 Å². The van der Waals surface area contributed by atoms with Crippen molar-refractivity contribution in [2.75, 3.05) is 17.2 Å². The van der Waals surface area contributed by atoms with Crippen LogP contribution in [0.1, 0.15) is 28.7 Å². The number of carbonyl (C=O) groups is 1. The fraction of sp³-hybridized carbons (Fsp3) is 0.438. The number of rotatable bonds is 4. The zero-order valence-corrected chi connectivity index (χ0v) is 14.7. The van der Waals surface area contributed by atoms with Crippen molar-refractivity contribution in [2.45, 2.75) is 38.6 Å². The smallest absolute Gasteiger partial charge is 0.325 e. The number of para-hydroxylation sites is 1. The first-order chi connectivity index (χ1) is 12.0. The first-order valence-corrected chi connectivity index (χ1v) is 8.71. The van der Waals surface area contributed by atoms with Crippen LogP contribution in [-0.4, -0.2) is 45.3 Å². The molecular weight excluding hydrogens is 344 g/mol. The molecule has 1 aliphatic rings. The lowest BCUT2D eigenvalue weighted by molar-refractivity contribution is -0.0227. The molecule has 0 bridgehead atoms. The molecule has 8 nitrogen and oxygen atoms in total. The Kier molecular flexibility index (Phi) is 5.28. The van der Waals surface area contributed by atoms with Crippen LogP contribution in [0.2, 0.25) is 0 Å². The first-order valence-electron chi connectivity index (χ1n) is 7.90. The Morgan fingerprint density at radius 1 is 1.32 bits per heavy atom. The second-order valence-corrected chi connectivity index (χ2v) is 6.95. The molecule has 134 valence electrons. The number of aliphatic hydroxyl groups is 2. The number of hydrogen-bond acceptors (Lipinski definition) is 7. The summed E-state index contributed by atoms with van der Waals surface area (Å²) in [7, 11) is 0. The molecule has 1 fully saturated rings. The molecule has 3 atom stereocenters. The van der Waals surface area contributed by atoms with E-state index in [9.17, 15) is 9.90 Å². The van der Waals surface area contributed by atoms with Gasteiger partial charge >= 0.3 is 6.03 Å². The summed E-state index contributed by atoms with van der Waals surface area (Å²) in [6, 6.07) is 5.37. The molecule has 9 heteroatoms. The van der Waals surface area contributed by atoms with Crippen LogP contribution in [0.3, 0.4) is 0 Å². The number of anilines is 2. The van der Waals surface area contributed by atoms with Gasteiger partial charge in [0.15, 0.2) is 0 Å². The second-order valence-electron chi connectivity index (χ2n) is 5.94. The van der Waals surface area contributed by atoms with E-state index in [1.165, 1.54) is 11.3 Å². The summed E-state index contributed by atoms with van der Waals surface area (Å²) in [5, 5.41) is 33.2. The van der Waals surface area contributed by atoms with Gasteiger partial charge in [-0.15, -0.1) is 10.2 Å². The van der Waals surface area contributed by atoms with Gasteiger partial charge in [-0.1, -0.05) is 29.5 Å². The molecule has 0 unspecified atom stereocenters. The summed E-state index contributed by atoms with van der Waals surface area (Å²) in [4.78, 5) is 12.2. The van der Waals surface area contributed by atoms with E-state index in [0.29, 0.717) is 16.6 Å². The van der Waals surface area contributed by atoms with Gasteiger partial charge in [0.2, 0.25) is 5.13 Å². The molecule has 0 spiro atoms. The zero-order valence-electron chi connectivity index (χ0n) is 13.9. The van der Waals surface area contributed by atoms with Gasteiger partial charge in [0.05, 0.1) is 12.7 Å². The van der Waals surface area contributed by atoms with Crippen LogP contribution >= 0.6 is 11.3 Å². The number of ether oxygens (including phenoxy) is 1. The highest BCUT2D eigenvalue weighted by Gasteiger charge is 2.36. The fourth-order valence-electron chi connectivity index (χ4n) is 2.72. The van der Waals surface area contributed by atoms with E-state index in [4.69, 9.17) is 9.84 Å². The topological polar surface area (TPSA) is 117 Å². The number of hydrogen-bond donors (Lipinski definition) is 4. The molecule has 4 N–H and O–H groups in total. The normalized spacial score (nSPS) is 22.8. The van der Waals surface area contributed by atoms with E-state index < -0.39 is 24.3 Å². The maximum absolute atomic E-state index is 12.2. The van der Waals surface area contributed by atoms with Crippen molar-refractivity contribution in [3.05, 3.63) is 34.3 Å². The number of aryl methyl sites for hydroxylation is 2. The quantitative estimate of drug-likeness (QED) is 0.659. The third kappa shape index (κ3) is 3.96. The number of benzene rings is 1. The van der Waals surface area contributed by atoms with Gasteiger partial charge in [0.25, 0.3) is 0 Å². The van der Waals surface area contributed by atoms with E-state index in [1.54, 1.807) is 0 Å². The van der Waals surface area contributed by atoms with Gasteiger partial charge in [-0.3, -0.25) is 5.32 Å². The van der Waals surface area contributed by atoms with E-state index in [1.807, 2.05) is 32.0 Å². The third-order valence-corrected chi connectivity index (χ3v) is 4.99. The minimum atomic E-state index is -0.734. The number of amides is 2. The van der Waals surface area contributed by atoms with Crippen molar-refractivity contribution in [1.29, 1.82) is 0 Å². The maximum atomic E-state index is 12.2. The monoisotopic (exact) mass is 364 g/mol. The molecule has 0 aliphatic carbocycles. The highest BCUT2D eigenvalue weighted by molar-refractivity contribution is 7.15. The van der Waals surface area contributed by atoms with Crippen LogP contribution in [-0.2, 0) is 4.74 Å². The molecule has 3 rings (SSSR count). The molecule has 0 radical (unpaired) electrons. The lowest BCUT2D eigenvalue weighted by atomic mass is 10.1. The lowest BCUT2D eigenvalue weighted by Crippen LogP contribution is -2.24. The second kappa shape index (κ2) is 7.44. The number of aliphatic hydroxyl groups excluding tert-OH is 2. The Morgan fingerprint density at radius 3 is 2.68 bits per heavy atom. The molecular formula is C16H20N4O4S. The lowest BCUT2D eigenvalue weighted by Gasteiger charge is -2.11. The fourth-order valence-corrected chi connectivity index (χ4v) is 3.51. The summed E-state index contributed by atoms with van der Waals surface area (Å²) in [6.45, 7) is 3.59. The summed E-state index contributed by atoms with van der Waals surface area (Å²) in [6.07, 6.45) is -1.43. The summed E-state index contributed by atoms with van der Waals surface area (Å²) < 4.78 is 5.53. The zero-order chi connectivity index (χ0) is 18.0. The predicted molar refractivity (Wildman–Crippen MR) is 93.8 cm³/mol. The molecule has 1 aromatic heterocycles. The van der Waals surface area contributed by atoms with Gasteiger partial charge in [-0.05, 0) is 25.0 Å². The average molecular weight is 364 g/mol. The molecule has 1 saturated heterocycles. The molecule has 2 aromatic rings. The minimum absolute atomic E-state index is 0.250. The predicted octanol–water partition coefficient (Wildman–Crippen LogP) is 1.98. The summed E-state index contributed by atoms with van der Waals surface area (Å²) in [5.74, 6) is 0. The highest BCUT2D eigenvalue weighted by atomic mass is 32.1. The Bertz CT molecular complexity index is 746. The van der Waals surface area contributed by atoms with Crippen LogP contribution in [0.5, 0.6) is 0 Å². The molecule has 2 amide bonds. The third-order valence-electron chi connectivity index (χ3n) is 4.06. The van der Waals surface area contributed by atoms with Gasteiger partial charge in [0, 0.05) is 12.1 Å². The number of nitrogens with one attached hydrogen (secondary N) is 2. The van der Waals surface area contributed by atoms with Crippen molar-refractivity contribution in [1.82, 2.24) is 10.2 Å². The Hall–Kier alpha value is -2.07. The van der Waals surface area contributed by atoms with Crippen molar-refractivity contribution >= 4 is 28.2 Å². The number of urea groups is 1. The molecule has 0 saturated carbocycles. The molecule has 1 aliphatic heterocycles. The minimum Gasteiger partial charge on any atom is -0.394 e. The van der Waals surface area contributed by atoms with Crippen molar-refractivity contribution in [3.8, 4) is 0 Å². The SMILES string of the molecule is Cc1cccc(C)c1NC(=O)Nc1nnc([C@H]2C[C@H](O)[C@@H](CO)O2)s1. The summed E-state index contributed by atoms with van der Waals surface area (Å²) >= 11 is 1.18. The van der Waals surface area contributed by atoms with Gasteiger partial charge in [-0.25, -0.2) is 4.79 Å². The van der Waals surface area contributed by atoms with E-state index in [2.05, 4.69) is 20.8 Å². The average Bonchev–Trinajstić information content (AvgIpc) is 3.17. The standard InChI is InChI=1S/C16H20N4O4S/c1-8-4-3-5-9(2)13(8)17-15(23)18-16-20-19-14(25-16)11-6-10(22)12(7-21)24-11/h3-5,10-12,21-22H,6-7H2,1-2H3,(H2,17,18,20,23)/t10-,11+,12+/m0/s1. The van der Waals surface area contributed by atoms with Crippen LogP contribution in [0.4, 0.5) is 15.6 Å². The van der Waals surface area contributed by atoms with Crippen molar-refractivity contribution in [2.24, 2.45) is 0 Å².